The Labute approximate surface area is 96.3 Å². The number of nitrogens with zero attached hydrogens (tertiary/aromatic N) is 4. The molecule has 1 N–H and O–H groups in total. The molecule has 0 aliphatic carbocycles. The largest absolute Gasteiger partial charge is 0.347 e. The van der Waals surface area contributed by atoms with Crippen LogP contribution in [0.25, 0.3) is 0 Å². The first-order chi connectivity index (χ1) is 7.54. The van der Waals surface area contributed by atoms with Crippen LogP contribution in [0.5, 0.6) is 0 Å². The van der Waals surface area contributed by atoms with Gasteiger partial charge in [0.1, 0.15) is 5.82 Å². The molecule has 5 nitrogen and oxygen atoms in total. The Bertz CT molecular complexity index is 366. The van der Waals surface area contributed by atoms with E-state index < -0.39 is 0 Å². The summed E-state index contributed by atoms with van der Waals surface area (Å²) in [4.78, 5) is 14.7. The van der Waals surface area contributed by atoms with Gasteiger partial charge in [-0.15, -0.1) is 6.42 Å². The molecule has 0 saturated heterocycles. The fourth-order valence-corrected chi connectivity index (χ4v) is 1.05. The van der Waals surface area contributed by atoms with E-state index in [-0.39, 0.29) is 5.92 Å². The van der Waals surface area contributed by atoms with Crippen molar-refractivity contribution in [2.24, 2.45) is 0 Å². The van der Waals surface area contributed by atoms with Crippen LogP contribution in [-0.4, -0.2) is 35.6 Å². The van der Waals surface area contributed by atoms with Gasteiger partial charge >= 0.3 is 0 Å². The first kappa shape index (κ1) is 12.2. The standard InChI is InChI=1S/C11H17N5/c1-6-7-12-10-13-9(8(2)3)14-11(15-10)16(4)5/h1,8H,7H2,2-5H3,(H,12,13,14,15). The van der Waals surface area contributed by atoms with Gasteiger partial charge < -0.3 is 10.2 Å². The summed E-state index contributed by atoms with van der Waals surface area (Å²) in [5, 5.41) is 2.96. The number of hydrogen-bond donors (Lipinski definition) is 1. The second-order valence-electron chi connectivity index (χ2n) is 3.92. The third-order valence-electron chi connectivity index (χ3n) is 1.91. The van der Waals surface area contributed by atoms with Gasteiger partial charge in [0.05, 0.1) is 6.54 Å². The number of nitrogens with one attached hydrogen (secondary N) is 1. The van der Waals surface area contributed by atoms with Crippen LogP contribution in [0.1, 0.15) is 25.6 Å². The van der Waals surface area contributed by atoms with Gasteiger partial charge in [0.15, 0.2) is 0 Å². The summed E-state index contributed by atoms with van der Waals surface area (Å²) in [6.45, 7) is 4.49. The lowest BCUT2D eigenvalue weighted by atomic mass is 10.2. The molecule has 0 fully saturated rings. The molecule has 1 heterocycles. The first-order valence-electron chi connectivity index (χ1n) is 5.15. The molecule has 0 amide bonds. The summed E-state index contributed by atoms with van der Waals surface area (Å²) < 4.78 is 0. The number of aromatic nitrogens is 3. The maximum atomic E-state index is 5.18. The summed E-state index contributed by atoms with van der Waals surface area (Å²) in [6.07, 6.45) is 5.18. The third-order valence-corrected chi connectivity index (χ3v) is 1.91. The highest BCUT2D eigenvalue weighted by Crippen LogP contribution is 2.14. The highest BCUT2D eigenvalue weighted by molar-refractivity contribution is 5.36. The zero-order valence-electron chi connectivity index (χ0n) is 10.2. The summed E-state index contributed by atoms with van der Waals surface area (Å²) in [7, 11) is 3.79. The smallest absolute Gasteiger partial charge is 0.229 e. The van der Waals surface area contributed by atoms with Crippen LogP contribution in [0.15, 0.2) is 0 Å². The summed E-state index contributed by atoms with van der Waals surface area (Å²) >= 11 is 0. The van der Waals surface area contributed by atoms with E-state index in [1.165, 1.54) is 0 Å². The van der Waals surface area contributed by atoms with Gasteiger partial charge in [-0.2, -0.15) is 15.0 Å². The van der Waals surface area contributed by atoms with Gasteiger partial charge in [-0.05, 0) is 0 Å². The van der Waals surface area contributed by atoms with Crippen LogP contribution in [0.2, 0.25) is 0 Å². The second-order valence-corrected chi connectivity index (χ2v) is 3.92. The van der Waals surface area contributed by atoms with Gasteiger partial charge in [-0.25, -0.2) is 0 Å². The van der Waals surface area contributed by atoms with E-state index in [4.69, 9.17) is 6.42 Å². The van der Waals surface area contributed by atoms with E-state index in [1.807, 2.05) is 32.8 Å². The van der Waals surface area contributed by atoms with Crippen molar-refractivity contribution in [2.45, 2.75) is 19.8 Å². The van der Waals surface area contributed by atoms with Crippen molar-refractivity contribution >= 4 is 11.9 Å². The molecule has 16 heavy (non-hydrogen) atoms. The Morgan fingerprint density at radius 2 is 2.00 bits per heavy atom. The number of hydrogen-bond acceptors (Lipinski definition) is 5. The van der Waals surface area contributed by atoms with E-state index in [0.717, 1.165) is 5.82 Å². The van der Waals surface area contributed by atoms with E-state index in [9.17, 15) is 0 Å². The van der Waals surface area contributed by atoms with E-state index in [2.05, 4.69) is 26.2 Å². The summed E-state index contributed by atoms with van der Waals surface area (Å²) in [6, 6.07) is 0. The molecule has 0 aliphatic rings. The van der Waals surface area contributed by atoms with Crippen LogP contribution >= 0.6 is 0 Å². The van der Waals surface area contributed by atoms with Gasteiger partial charge in [0, 0.05) is 20.0 Å². The summed E-state index contributed by atoms with van der Waals surface area (Å²) in [5.41, 5.74) is 0. The Hall–Kier alpha value is -1.83. The zero-order chi connectivity index (χ0) is 12.1. The maximum absolute atomic E-state index is 5.18. The normalized spacial score (nSPS) is 10.0. The number of anilines is 2. The first-order valence-corrected chi connectivity index (χ1v) is 5.15. The highest BCUT2D eigenvalue weighted by atomic mass is 15.3. The van der Waals surface area contributed by atoms with Gasteiger partial charge in [0.25, 0.3) is 0 Å². The predicted octanol–water partition coefficient (Wildman–Crippen LogP) is 1.11. The van der Waals surface area contributed by atoms with Crippen LogP contribution in [0.3, 0.4) is 0 Å². The topological polar surface area (TPSA) is 53.9 Å². The van der Waals surface area contributed by atoms with Crippen molar-refractivity contribution in [1.82, 2.24) is 15.0 Å². The number of rotatable bonds is 4. The van der Waals surface area contributed by atoms with Crippen LogP contribution in [-0.2, 0) is 0 Å². The SMILES string of the molecule is C#CCNc1nc(C(C)C)nc(N(C)C)n1. The van der Waals surface area contributed by atoms with E-state index in [0.29, 0.717) is 18.4 Å². The fraction of sp³-hybridized carbons (Fsp3) is 0.545. The zero-order valence-corrected chi connectivity index (χ0v) is 10.2. The Morgan fingerprint density at radius 1 is 1.31 bits per heavy atom. The Morgan fingerprint density at radius 3 is 2.50 bits per heavy atom. The Balaban J connectivity index is 3.04. The maximum Gasteiger partial charge on any atom is 0.229 e. The molecule has 5 heteroatoms. The molecule has 1 aromatic heterocycles. The molecular formula is C11H17N5. The number of terminal acetylenes is 1. The monoisotopic (exact) mass is 219 g/mol. The van der Waals surface area contributed by atoms with Crippen molar-refractivity contribution in [1.29, 1.82) is 0 Å². The lowest BCUT2D eigenvalue weighted by Gasteiger charge is -2.14. The molecule has 0 unspecified atom stereocenters. The molecule has 0 radical (unpaired) electrons. The molecule has 0 atom stereocenters. The molecule has 0 aromatic carbocycles. The molecule has 0 saturated carbocycles. The molecule has 1 rings (SSSR count). The van der Waals surface area contributed by atoms with Crippen LogP contribution in [0, 0.1) is 12.3 Å². The van der Waals surface area contributed by atoms with Crippen molar-refractivity contribution in [3.05, 3.63) is 5.82 Å². The van der Waals surface area contributed by atoms with E-state index in [1.54, 1.807) is 0 Å². The fourth-order valence-electron chi connectivity index (χ4n) is 1.05. The van der Waals surface area contributed by atoms with E-state index >= 15 is 0 Å². The minimum absolute atomic E-state index is 0.257. The van der Waals surface area contributed by atoms with Gasteiger partial charge in [0.2, 0.25) is 11.9 Å². The quantitative estimate of drug-likeness (QED) is 0.769. The Kier molecular flexibility index (Phi) is 4.06. The lowest BCUT2D eigenvalue weighted by Crippen LogP contribution is -2.17. The van der Waals surface area contributed by atoms with Crippen LogP contribution < -0.4 is 10.2 Å². The minimum Gasteiger partial charge on any atom is -0.347 e. The molecule has 86 valence electrons. The third kappa shape index (κ3) is 3.09. The van der Waals surface area contributed by atoms with Gasteiger partial charge in [-0.3, -0.25) is 0 Å². The second kappa shape index (κ2) is 5.31. The van der Waals surface area contributed by atoms with Crippen molar-refractivity contribution in [2.75, 3.05) is 30.9 Å². The van der Waals surface area contributed by atoms with Crippen molar-refractivity contribution < 1.29 is 0 Å². The highest BCUT2D eigenvalue weighted by Gasteiger charge is 2.10. The van der Waals surface area contributed by atoms with Gasteiger partial charge in [-0.1, -0.05) is 19.8 Å². The van der Waals surface area contributed by atoms with Crippen LogP contribution in [0.4, 0.5) is 11.9 Å². The molecule has 0 bridgehead atoms. The summed E-state index contributed by atoms with van der Waals surface area (Å²) in [5.74, 6) is 4.67. The molecule has 0 spiro atoms. The minimum atomic E-state index is 0.257. The average molecular weight is 219 g/mol. The predicted molar refractivity (Wildman–Crippen MR) is 65.6 cm³/mol. The molecular weight excluding hydrogens is 202 g/mol. The van der Waals surface area contributed by atoms with Crippen molar-refractivity contribution in [3.8, 4) is 12.3 Å². The molecule has 1 aromatic rings. The molecule has 0 aliphatic heterocycles. The van der Waals surface area contributed by atoms with Crippen molar-refractivity contribution in [3.63, 3.8) is 0 Å². The average Bonchev–Trinajstić information content (AvgIpc) is 2.25. The lowest BCUT2D eigenvalue weighted by molar-refractivity contribution is 0.756.